The second-order valence-corrected chi connectivity index (χ2v) is 5.04. The largest absolute Gasteiger partial charge is 0.313 e. The van der Waals surface area contributed by atoms with E-state index in [1.807, 2.05) is 0 Å². The molecule has 1 fully saturated rings. The smallest absolute Gasteiger partial charge is 0.220 e. The van der Waals surface area contributed by atoms with Gasteiger partial charge >= 0.3 is 0 Å². The zero-order valence-corrected chi connectivity index (χ0v) is 9.26. The number of ether oxygens (including phenoxy) is 2. The average molecular weight is 187 g/mol. The summed E-state index contributed by atoms with van der Waals surface area (Å²) in [7, 11) is 0. The van der Waals surface area contributed by atoms with Crippen LogP contribution in [0.5, 0.6) is 0 Å². The van der Waals surface area contributed by atoms with Crippen molar-refractivity contribution in [2.75, 3.05) is 6.79 Å². The van der Waals surface area contributed by atoms with Gasteiger partial charge in [0, 0.05) is 6.04 Å². The molecule has 0 unspecified atom stereocenters. The second-order valence-electron chi connectivity index (χ2n) is 5.04. The molecule has 0 bridgehead atoms. The lowest BCUT2D eigenvalue weighted by Crippen LogP contribution is -2.54. The molecule has 0 aromatic heterocycles. The molecule has 78 valence electrons. The van der Waals surface area contributed by atoms with E-state index in [-0.39, 0.29) is 11.8 Å². The summed E-state index contributed by atoms with van der Waals surface area (Å²) in [5.41, 5.74) is 0.233. The molecule has 0 radical (unpaired) electrons. The van der Waals surface area contributed by atoms with Crippen LogP contribution >= 0.6 is 0 Å². The first-order valence-corrected chi connectivity index (χ1v) is 4.90. The van der Waals surface area contributed by atoms with Crippen molar-refractivity contribution in [2.45, 2.75) is 47.1 Å². The first-order chi connectivity index (χ1) is 5.91. The van der Waals surface area contributed by atoms with E-state index in [4.69, 9.17) is 9.47 Å². The molecule has 13 heavy (non-hydrogen) atoms. The molecule has 3 heteroatoms. The fourth-order valence-electron chi connectivity index (χ4n) is 1.82. The maximum atomic E-state index is 5.17. The monoisotopic (exact) mass is 187 g/mol. The van der Waals surface area contributed by atoms with Crippen LogP contribution in [0, 0.1) is 11.3 Å². The molecule has 3 nitrogen and oxygen atoms in total. The quantitative estimate of drug-likeness (QED) is 0.732. The predicted molar refractivity (Wildman–Crippen MR) is 52.0 cm³/mol. The summed E-state index contributed by atoms with van der Waals surface area (Å²) in [5, 5.41) is 3.35. The predicted octanol–water partition coefficient (Wildman–Crippen LogP) is 1.93. The SMILES string of the molecule is CC(C)[C@H](NC1OCO1)C(C)(C)C. The molecule has 1 rings (SSSR count). The Balaban J connectivity index is 2.46. The van der Waals surface area contributed by atoms with Gasteiger partial charge in [0.05, 0.1) is 0 Å². The molecule has 0 saturated carbocycles. The van der Waals surface area contributed by atoms with Gasteiger partial charge in [0.25, 0.3) is 0 Å². The molecule has 0 spiro atoms. The van der Waals surface area contributed by atoms with Crippen LogP contribution in [0.4, 0.5) is 0 Å². The van der Waals surface area contributed by atoms with Gasteiger partial charge in [0.2, 0.25) is 6.41 Å². The van der Waals surface area contributed by atoms with E-state index in [1.165, 1.54) is 0 Å². The van der Waals surface area contributed by atoms with Gasteiger partial charge in [-0.2, -0.15) is 0 Å². The van der Waals surface area contributed by atoms with Gasteiger partial charge in [-0.25, -0.2) is 0 Å². The maximum absolute atomic E-state index is 5.17. The number of hydrogen-bond acceptors (Lipinski definition) is 3. The highest BCUT2D eigenvalue weighted by Crippen LogP contribution is 2.26. The Kier molecular flexibility index (Phi) is 3.33. The van der Waals surface area contributed by atoms with Gasteiger partial charge in [-0.3, -0.25) is 5.32 Å². The summed E-state index contributed by atoms with van der Waals surface area (Å²) in [6.45, 7) is 11.5. The van der Waals surface area contributed by atoms with Crippen LogP contribution in [-0.2, 0) is 9.47 Å². The van der Waals surface area contributed by atoms with E-state index >= 15 is 0 Å². The third kappa shape index (κ3) is 2.93. The fraction of sp³-hybridized carbons (Fsp3) is 1.00. The van der Waals surface area contributed by atoms with Crippen LogP contribution in [0.15, 0.2) is 0 Å². The summed E-state index contributed by atoms with van der Waals surface area (Å²) < 4.78 is 10.3. The zero-order chi connectivity index (χ0) is 10.1. The normalized spacial score (nSPS) is 21.7. The second kappa shape index (κ2) is 3.95. The van der Waals surface area contributed by atoms with Crippen LogP contribution in [0.2, 0.25) is 0 Å². The Morgan fingerprint density at radius 1 is 1.23 bits per heavy atom. The van der Waals surface area contributed by atoms with E-state index in [9.17, 15) is 0 Å². The van der Waals surface area contributed by atoms with Gasteiger partial charge in [0.15, 0.2) is 6.79 Å². The van der Waals surface area contributed by atoms with Crippen molar-refractivity contribution in [1.29, 1.82) is 0 Å². The van der Waals surface area contributed by atoms with Gasteiger partial charge in [-0.15, -0.1) is 0 Å². The highest BCUT2D eigenvalue weighted by Gasteiger charge is 2.32. The van der Waals surface area contributed by atoms with Crippen molar-refractivity contribution in [1.82, 2.24) is 5.32 Å². The molecule has 1 aliphatic rings. The van der Waals surface area contributed by atoms with Gasteiger partial charge in [-0.05, 0) is 11.3 Å². The molecule has 0 aliphatic carbocycles. The Bertz CT molecular complexity index is 159. The molecule has 1 heterocycles. The molecule has 1 atom stereocenters. The van der Waals surface area contributed by atoms with Crippen molar-refractivity contribution in [2.24, 2.45) is 11.3 Å². The summed E-state index contributed by atoms with van der Waals surface area (Å²) in [4.78, 5) is 0. The first kappa shape index (κ1) is 11.0. The number of nitrogens with one attached hydrogen (secondary N) is 1. The lowest BCUT2D eigenvalue weighted by atomic mass is 9.80. The van der Waals surface area contributed by atoms with Crippen molar-refractivity contribution < 1.29 is 9.47 Å². The van der Waals surface area contributed by atoms with Crippen molar-refractivity contribution in [3.05, 3.63) is 0 Å². The summed E-state index contributed by atoms with van der Waals surface area (Å²) >= 11 is 0. The van der Waals surface area contributed by atoms with Crippen LogP contribution in [-0.4, -0.2) is 19.2 Å². The van der Waals surface area contributed by atoms with E-state index in [2.05, 4.69) is 39.9 Å². The lowest BCUT2D eigenvalue weighted by molar-refractivity contribution is -0.338. The fourth-order valence-corrected chi connectivity index (χ4v) is 1.82. The third-order valence-corrected chi connectivity index (χ3v) is 2.35. The Hall–Kier alpha value is -0.120. The summed E-state index contributed by atoms with van der Waals surface area (Å²) in [5.74, 6) is 0.577. The molecule has 0 aromatic rings. The van der Waals surface area contributed by atoms with Crippen molar-refractivity contribution >= 4 is 0 Å². The standard InChI is InChI=1S/C10H21NO2/c1-7(2)8(10(3,4)5)11-9-12-6-13-9/h7-9,11H,6H2,1-5H3/t8-/m0/s1. The van der Waals surface area contributed by atoms with Crippen molar-refractivity contribution in [3.8, 4) is 0 Å². The topological polar surface area (TPSA) is 30.5 Å². The van der Waals surface area contributed by atoms with E-state index in [0.717, 1.165) is 0 Å². The molecular weight excluding hydrogens is 166 g/mol. The van der Waals surface area contributed by atoms with Gasteiger partial charge in [0.1, 0.15) is 0 Å². The van der Waals surface area contributed by atoms with E-state index < -0.39 is 0 Å². The lowest BCUT2D eigenvalue weighted by Gasteiger charge is -2.39. The maximum Gasteiger partial charge on any atom is 0.220 e. The Morgan fingerprint density at radius 2 is 1.77 bits per heavy atom. The third-order valence-electron chi connectivity index (χ3n) is 2.35. The van der Waals surface area contributed by atoms with Crippen LogP contribution in [0.3, 0.4) is 0 Å². The molecule has 1 saturated heterocycles. The minimum absolute atomic E-state index is 0.188. The summed E-state index contributed by atoms with van der Waals surface area (Å²) in [6.07, 6.45) is -0.188. The molecule has 0 amide bonds. The highest BCUT2D eigenvalue weighted by molar-refractivity contribution is 4.83. The summed E-state index contributed by atoms with van der Waals surface area (Å²) in [6, 6.07) is 0.415. The minimum atomic E-state index is -0.188. The Labute approximate surface area is 80.8 Å². The minimum Gasteiger partial charge on any atom is -0.313 e. The first-order valence-electron chi connectivity index (χ1n) is 4.90. The number of hydrogen-bond donors (Lipinski definition) is 1. The van der Waals surface area contributed by atoms with Crippen LogP contribution < -0.4 is 5.32 Å². The van der Waals surface area contributed by atoms with Crippen LogP contribution in [0.1, 0.15) is 34.6 Å². The zero-order valence-electron chi connectivity index (χ0n) is 9.26. The average Bonchev–Trinajstić information content (AvgIpc) is 1.79. The molecule has 1 aliphatic heterocycles. The number of rotatable bonds is 3. The van der Waals surface area contributed by atoms with Gasteiger partial charge in [-0.1, -0.05) is 34.6 Å². The van der Waals surface area contributed by atoms with Gasteiger partial charge < -0.3 is 9.47 Å². The van der Waals surface area contributed by atoms with E-state index in [1.54, 1.807) is 0 Å². The van der Waals surface area contributed by atoms with Crippen LogP contribution in [0.25, 0.3) is 0 Å². The molecule has 0 aromatic carbocycles. The Morgan fingerprint density at radius 3 is 2.00 bits per heavy atom. The molecule has 1 N–H and O–H groups in total. The highest BCUT2D eigenvalue weighted by atomic mass is 16.9. The molecular formula is C10H21NO2. The van der Waals surface area contributed by atoms with E-state index in [0.29, 0.717) is 18.8 Å². The van der Waals surface area contributed by atoms with Crippen molar-refractivity contribution in [3.63, 3.8) is 0 Å².